The van der Waals surface area contributed by atoms with E-state index in [0.717, 1.165) is 11.4 Å². The molecule has 1 heterocycles. The Balaban J connectivity index is 2.32. The molecular weight excluding hydrogens is 170 g/mol. The summed E-state index contributed by atoms with van der Waals surface area (Å²) in [5.41, 5.74) is 0. The van der Waals surface area contributed by atoms with Crippen LogP contribution >= 0.6 is 11.3 Å². The summed E-state index contributed by atoms with van der Waals surface area (Å²) in [4.78, 5) is 4.12. The monoisotopic (exact) mass is 185 g/mol. The fraction of sp³-hybridized carbons (Fsp3) is 0.667. The lowest BCUT2D eigenvalue weighted by Gasteiger charge is -2.10. The fourth-order valence-electron chi connectivity index (χ4n) is 1.18. The van der Waals surface area contributed by atoms with Crippen LogP contribution in [-0.2, 0) is 6.42 Å². The molecule has 0 saturated heterocycles. The molecule has 12 heavy (non-hydrogen) atoms. The summed E-state index contributed by atoms with van der Waals surface area (Å²) in [5, 5.41) is 12.5. The molecule has 68 valence electrons. The molecule has 1 aromatic heterocycles. The molecule has 2 nitrogen and oxygen atoms in total. The Hall–Kier alpha value is -0.410. The van der Waals surface area contributed by atoms with Crippen molar-refractivity contribution in [3.63, 3.8) is 0 Å². The SMILES string of the molecule is CC(C)CC(O)Cc1nccs1. The molecule has 0 aromatic carbocycles. The molecular formula is C9H15NOS. The minimum atomic E-state index is -0.226. The molecule has 1 aromatic rings. The van der Waals surface area contributed by atoms with E-state index in [-0.39, 0.29) is 6.10 Å². The zero-order chi connectivity index (χ0) is 8.97. The van der Waals surface area contributed by atoms with Gasteiger partial charge in [0, 0.05) is 18.0 Å². The number of thiazole rings is 1. The normalized spacial score (nSPS) is 13.7. The van der Waals surface area contributed by atoms with E-state index in [1.54, 1.807) is 17.5 Å². The predicted molar refractivity (Wildman–Crippen MR) is 51.3 cm³/mol. The highest BCUT2D eigenvalue weighted by Crippen LogP contribution is 2.12. The number of aliphatic hydroxyl groups is 1. The third-order valence-corrected chi connectivity index (χ3v) is 2.44. The first-order valence-corrected chi connectivity index (χ1v) is 5.13. The molecule has 3 heteroatoms. The molecule has 0 fully saturated rings. The summed E-state index contributed by atoms with van der Waals surface area (Å²) < 4.78 is 0. The maximum Gasteiger partial charge on any atom is 0.0950 e. The van der Waals surface area contributed by atoms with Gasteiger partial charge in [-0.1, -0.05) is 13.8 Å². The van der Waals surface area contributed by atoms with E-state index in [1.165, 1.54) is 0 Å². The van der Waals surface area contributed by atoms with Crippen LogP contribution in [0.5, 0.6) is 0 Å². The van der Waals surface area contributed by atoms with Gasteiger partial charge in [0.05, 0.1) is 11.1 Å². The average molecular weight is 185 g/mol. The summed E-state index contributed by atoms with van der Waals surface area (Å²) in [6.45, 7) is 4.23. The van der Waals surface area contributed by atoms with Crippen molar-refractivity contribution in [2.24, 2.45) is 5.92 Å². The minimum Gasteiger partial charge on any atom is -0.393 e. The predicted octanol–water partition coefficient (Wildman–Crippen LogP) is 2.09. The van der Waals surface area contributed by atoms with E-state index in [2.05, 4.69) is 18.8 Å². The van der Waals surface area contributed by atoms with Gasteiger partial charge < -0.3 is 5.11 Å². The first-order valence-electron chi connectivity index (χ1n) is 4.25. The summed E-state index contributed by atoms with van der Waals surface area (Å²) >= 11 is 1.61. The summed E-state index contributed by atoms with van der Waals surface area (Å²) in [6, 6.07) is 0. The van der Waals surface area contributed by atoms with Crippen molar-refractivity contribution in [2.45, 2.75) is 32.8 Å². The Labute approximate surface area is 77.3 Å². The average Bonchev–Trinajstić information content (AvgIpc) is 2.37. The van der Waals surface area contributed by atoms with Crippen molar-refractivity contribution in [1.29, 1.82) is 0 Å². The lowest BCUT2D eigenvalue weighted by molar-refractivity contribution is 0.149. The van der Waals surface area contributed by atoms with Crippen molar-refractivity contribution in [2.75, 3.05) is 0 Å². The molecule has 0 saturated carbocycles. The first kappa shape index (κ1) is 9.68. The highest BCUT2D eigenvalue weighted by Gasteiger charge is 2.08. The number of rotatable bonds is 4. The highest BCUT2D eigenvalue weighted by atomic mass is 32.1. The van der Waals surface area contributed by atoms with Crippen molar-refractivity contribution in [3.05, 3.63) is 16.6 Å². The Morgan fingerprint density at radius 2 is 2.33 bits per heavy atom. The van der Waals surface area contributed by atoms with E-state index in [9.17, 15) is 5.11 Å². The molecule has 1 N–H and O–H groups in total. The van der Waals surface area contributed by atoms with Gasteiger partial charge in [-0.2, -0.15) is 0 Å². The van der Waals surface area contributed by atoms with Crippen LogP contribution in [0.1, 0.15) is 25.3 Å². The number of hydrogen-bond acceptors (Lipinski definition) is 3. The highest BCUT2D eigenvalue weighted by molar-refractivity contribution is 7.09. The van der Waals surface area contributed by atoms with E-state index < -0.39 is 0 Å². The van der Waals surface area contributed by atoms with Crippen molar-refractivity contribution < 1.29 is 5.11 Å². The second-order valence-corrected chi connectivity index (χ2v) is 4.39. The molecule has 0 spiro atoms. The molecule has 0 aliphatic carbocycles. The molecule has 0 radical (unpaired) electrons. The zero-order valence-corrected chi connectivity index (χ0v) is 8.34. The van der Waals surface area contributed by atoms with Gasteiger partial charge in [-0.3, -0.25) is 0 Å². The zero-order valence-electron chi connectivity index (χ0n) is 7.53. The van der Waals surface area contributed by atoms with Crippen LogP contribution in [0.25, 0.3) is 0 Å². The van der Waals surface area contributed by atoms with Gasteiger partial charge in [0.15, 0.2) is 0 Å². The van der Waals surface area contributed by atoms with Crippen molar-refractivity contribution in [3.8, 4) is 0 Å². The van der Waals surface area contributed by atoms with Crippen LogP contribution in [0.3, 0.4) is 0 Å². The molecule has 1 atom stereocenters. The maximum absolute atomic E-state index is 9.56. The van der Waals surface area contributed by atoms with Gasteiger partial charge in [-0.15, -0.1) is 11.3 Å². The van der Waals surface area contributed by atoms with E-state index in [4.69, 9.17) is 0 Å². The third-order valence-electron chi connectivity index (χ3n) is 1.64. The van der Waals surface area contributed by atoms with Crippen LogP contribution in [0.2, 0.25) is 0 Å². The summed E-state index contributed by atoms with van der Waals surface area (Å²) in [5.74, 6) is 0.556. The summed E-state index contributed by atoms with van der Waals surface area (Å²) in [6.07, 6.45) is 3.12. The molecule has 0 amide bonds. The van der Waals surface area contributed by atoms with Crippen LogP contribution in [0, 0.1) is 5.92 Å². The largest absolute Gasteiger partial charge is 0.393 e. The van der Waals surface area contributed by atoms with Crippen LogP contribution in [-0.4, -0.2) is 16.2 Å². The standard InChI is InChI=1S/C9H15NOS/c1-7(2)5-8(11)6-9-10-3-4-12-9/h3-4,7-8,11H,5-6H2,1-2H3. The van der Waals surface area contributed by atoms with Gasteiger partial charge >= 0.3 is 0 Å². The van der Waals surface area contributed by atoms with Crippen LogP contribution in [0.15, 0.2) is 11.6 Å². The van der Waals surface area contributed by atoms with Gasteiger partial charge in [0.25, 0.3) is 0 Å². The van der Waals surface area contributed by atoms with Gasteiger partial charge in [-0.25, -0.2) is 4.98 Å². The van der Waals surface area contributed by atoms with E-state index in [0.29, 0.717) is 12.3 Å². The number of aromatic nitrogens is 1. The Morgan fingerprint density at radius 1 is 1.58 bits per heavy atom. The van der Waals surface area contributed by atoms with E-state index in [1.807, 2.05) is 5.38 Å². The first-order chi connectivity index (χ1) is 5.68. The van der Waals surface area contributed by atoms with Crippen LogP contribution in [0.4, 0.5) is 0 Å². The molecule has 0 aliphatic heterocycles. The number of hydrogen-bond donors (Lipinski definition) is 1. The Kier molecular flexibility index (Phi) is 3.69. The van der Waals surface area contributed by atoms with Crippen LogP contribution < -0.4 is 0 Å². The smallest absolute Gasteiger partial charge is 0.0950 e. The van der Waals surface area contributed by atoms with Gasteiger partial charge in [-0.05, 0) is 12.3 Å². The second-order valence-electron chi connectivity index (χ2n) is 3.41. The minimum absolute atomic E-state index is 0.226. The molecule has 1 unspecified atom stereocenters. The van der Waals surface area contributed by atoms with Crippen molar-refractivity contribution >= 4 is 11.3 Å². The quantitative estimate of drug-likeness (QED) is 0.779. The number of aliphatic hydroxyl groups excluding tert-OH is 1. The fourth-order valence-corrected chi connectivity index (χ4v) is 1.87. The Morgan fingerprint density at radius 3 is 2.83 bits per heavy atom. The topological polar surface area (TPSA) is 33.1 Å². The summed E-state index contributed by atoms with van der Waals surface area (Å²) in [7, 11) is 0. The van der Waals surface area contributed by atoms with Gasteiger partial charge in [0.1, 0.15) is 0 Å². The maximum atomic E-state index is 9.56. The molecule has 0 bridgehead atoms. The molecule has 1 rings (SSSR count). The second kappa shape index (κ2) is 4.58. The van der Waals surface area contributed by atoms with E-state index >= 15 is 0 Å². The lowest BCUT2D eigenvalue weighted by atomic mass is 10.0. The van der Waals surface area contributed by atoms with Crippen molar-refractivity contribution in [1.82, 2.24) is 4.98 Å². The Bertz CT molecular complexity index is 208. The third kappa shape index (κ3) is 3.32. The lowest BCUT2D eigenvalue weighted by Crippen LogP contribution is -2.12. The molecule has 0 aliphatic rings. The van der Waals surface area contributed by atoms with Gasteiger partial charge in [0.2, 0.25) is 0 Å². The number of nitrogens with zero attached hydrogens (tertiary/aromatic N) is 1.